The molecule has 2 heterocycles. The fraction of sp³-hybridized carbons (Fsp3) is 0.714. The molecule has 0 aromatic carbocycles. The van der Waals surface area contributed by atoms with Gasteiger partial charge in [0.05, 0.1) is 5.69 Å². The smallest absolute Gasteiger partial charge is 0.150 e. The molecule has 0 spiro atoms. The van der Waals surface area contributed by atoms with E-state index in [4.69, 9.17) is 0 Å². The van der Waals surface area contributed by atoms with Gasteiger partial charge in [-0.05, 0) is 26.2 Å². The van der Waals surface area contributed by atoms with Crippen LogP contribution in [-0.2, 0) is 0 Å². The topological polar surface area (TPSA) is 41.1 Å². The number of hydrogen-bond acceptors (Lipinski definition) is 4. The van der Waals surface area contributed by atoms with Gasteiger partial charge >= 0.3 is 0 Å². The average Bonchev–Trinajstić information content (AvgIpc) is 2.37. The van der Waals surface area contributed by atoms with Crippen LogP contribution in [0.25, 0.3) is 0 Å². The Morgan fingerprint density at radius 2 is 2.11 bits per heavy atom. The summed E-state index contributed by atoms with van der Waals surface area (Å²) in [5.74, 6) is 1.06. The Morgan fingerprint density at radius 1 is 1.33 bits per heavy atom. The second kappa shape index (κ2) is 6.14. The molecule has 1 fully saturated rings. The number of hydrogen-bond donors (Lipinski definition) is 1. The third-order valence-electron chi connectivity index (χ3n) is 3.52. The lowest BCUT2D eigenvalue weighted by atomic mass is 10.0. The maximum Gasteiger partial charge on any atom is 0.150 e. The highest BCUT2D eigenvalue weighted by atomic mass is 15.2. The molecule has 2 rings (SSSR count). The van der Waals surface area contributed by atoms with E-state index in [1.54, 1.807) is 12.4 Å². The first-order valence-electron chi connectivity index (χ1n) is 6.96. The van der Waals surface area contributed by atoms with Gasteiger partial charge < -0.3 is 10.2 Å². The van der Waals surface area contributed by atoms with E-state index in [2.05, 4.69) is 34.0 Å². The van der Waals surface area contributed by atoms with Crippen molar-refractivity contribution < 1.29 is 0 Å². The second-order valence-electron chi connectivity index (χ2n) is 5.37. The number of piperidine rings is 1. The zero-order chi connectivity index (χ0) is 13.0. The quantitative estimate of drug-likeness (QED) is 0.886. The molecule has 4 nitrogen and oxygen atoms in total. The molecule has 1 aliphatic heterocycles. The molecule has 1 aromatic rings. The van der Waals surface area contributed by atoms with Crippen LogP contribution in [0.4, 0.5) is 5.82 Å². The molecule has 0 radical (unpaired) electrons. The maximum atomic E-state index is 4.51. The zero-order valence-electron chi connectivity index (χ0n) is 11.7. The van der Waals surface area contributed by atoms with Gasteiger partial charge in [-0.1, -0.05) is 13.8 Å². The van der Waals surface area contributed by atoms with Crippen molar-refractivity contribution >= 4 is 5.82 Å². The molecule has 0 aliphatic carbocycles. The van der Waals surface area contributed by atoms with E-state index < -0.39 is 0 Å². The van der Waals surface area contributed by atoms with Crippen molar-refractivity contribution in [3.05, 3.63) is 18.1 Å². The molecule has 1 aromatic heterocycles. The van der Waals surface area contributed by atoms with Gasteiger partial charge in [0, 0.05) is 37.6 Å². The summed E-state index contributed by atoms with van der Waals surface area (Å²) < 4.78 is 0. The first kappa shape index (κ1) is 13.3. The highest BCUT2D eigenvalue weighted by molar-refractivity contribution is 5.44. The number of anilines is 1. The SMILES string of the molecule is Cc1nccnc1N1CCCCC1CNC(C)C. The summed E-state index contributed by atoms with van der Waals surface area (Å²) in [6.07, 6.45) is 7.39. The summed E-state index contributed by atoms with van der Waals surface area (Å²) in [5, 5.41) is 3.54. The molecule has 1 unspecified atom stereocenters. The molecule has 4 heteroatoms. The number of aromatic nitrogens is 2. The third-order valence-corrected chi connectivity index (χ3v) is 3.52. The van der Waals surface area contributed by atoms with Crippen LogP contribution in [0.5, 0.6) is 0 Å². The molecule has 1 aliphatic rings. The summed E-state index contributed by atoms with van der Waals surface area (Å²) in [4.78, 5) is 11.3. The predicted octanol–water partition coefficient (Wildman–Crippen LogP) is 2.14. The van der Waals surface area contributed by atoms with E-state index in [-0.39, 0.29) is 0 Å². The van der Waals surface area contributed by atoms with Crippen molar-refractivity contribution in [2.45, 2.75) is 52.1 Å². The van der Waals surface area contributed by atoms with Crippen LogP contribution in [0, 0.1) is 6.92 Å². The summed E-state index contributed by atoms with van der Waals surface area (Å²) in [6.45, 7) is 8.57. The molecule has 0 amide bonds. The highest BCUT2D eigenvalue weighted by Gasteiger charge is 2.24. The summed E-state index contributed by atoms with van der Waals surface area (Å²) in [7, 11) is 0. The van der Waals surface area contributed by atoms with Crippen LogP contribution in [0.1, 0.15) is 38.8 Å². The number of aryl methyl sites for hydroxylation is 1. The van der Waals surface area contributed by atoms with E-state index in [1.165, 1.54) is 19.3 Å². The Morgan fingerprint density at radius 3 is 2.83 bits per heavy atom. The van der Waals surface area contributed by atoms with Crippen molar-refractivity contribution in [1.82, 2.24) is 15.3 Å². The molecule has 0 saturated carbocycles. The van der Waals surface area contributed by atoms with Crippen molar-refractivity contribution in [3.63, 3.8) is 0 Å². The second-order valence-corrected chi connectivity index (χ2v) is 5.37. The third kappa shape index (κ3) is 3.19. The Kier molecular flexibility index (Phi) is 4.53. The summed E-state index contributed by atoms with van der Waals surface area (Å²) >= 11 is 0. The van der Waals surface area contributed by atoms with Crippen LogP contribution in [0.15, 0.2) is 12.4 Å². The number of nitrogens with zero attached hydrogens (tertiary/aromatic N) is 3. The van der Waals surface area contributed by atoms with Crippen LogP contribution in [0.2, 0.25) is 0 Å². The molecule has 1 N–H and O–H groups in total. The molecular formula is C14H24N4. The first-order valence-corrected chi connectivity index (χ1v) is 6.96. The minimum Gasteiger partial charge on any atom is -0.351 e. The van der Waals surface area contributed by atoms with Gasteiger partial charge in [0.1, 0.15) is 5.82 Å². The zero-order valence-corrected chi connectivity index (χ0v) is 11.7. The molecule has 100 valence electrons. The van der Waals surface area contributed by atoms with E-state index in [0.29, 0.717) is 12.1 Å². The lowest BCUT2D eigenvalue weighted by molar-refractivity contribution is 0.418. The summed E-state index contributed by atoms with van der Waals surface area (Å²) in [5.41, 5.74) is 1.04. The van der Waals surface area contributed by atoms with Gasteiger partial charge in [-0.25, -0.2) is 4.98 Å². The molecule has 1 saturated heterocycles. The van der Waals surface area contributed by atoms with Gasteiger partial charge in [0.25, 0.3) is 0 Å². The fourth-order valence-corrected chi connectivity index (χ4v) is 2.55. The van der Waals surface area contributed by atoms with Crippen molar-refractivity contribution in [2.24, 2.45) is 0 Å². The maximum absolute atomic E-state index is 4.51. The number of nitrogens with one attached hydrogen (secondary N) is 1. The van der Waals surface area contributed by atoms with E-state index >= 15 is 0 Å². The minimum atomic E-state index is 0.539. The summed E-state index contributed by atoms with van der Waals surface area (Å²) in [6, 6.07) is 1.09. The predicted molar refractivity (Wildman–Crippen MR) is 74.9 cm³/mol. The van der Waals surface area contributed by atoms with Gasteiger partial charge in [-0.3, -0.25) is 4.98 Å². The van der Waals surface area contributed by atoms with Crippen LogP contribution in [0.3, 0.4) is 0 Å². The fourth-order valence-electron chi connectivity index (χ4n) is 2.55. The normalized spacial score (nSPS) is 20.4. The molecular weight excluding hydrogens is 224 g/mol. The average molecular weight is 248 g/mol. The van der Waals surface area contributed by atoms with Gasteiger partial charge in [-0.2, -0.15) is 0 Å². The van der Waals surface area contributed by atoms with Crippen LogP contribution in [-0.4, -0.2) is 35.1 Å². The van der Waals surface area contributed by atoms with Gasteiger partial charge in [-0.15, -0.1) is 0 Å². The lowest BCUT2D eigenvalue weighted by Gasteiger charge is -2.37. The van der Waals surface area contributed by atoms with E-state index in [0.717, 1.165) is 24.6 Å². The van der Waals surface area contributed by atoms with E-state index in [1.807, 2.05) is 6.92 Å². The van der Waals surface area contributed by atoms with Crippen LogP contribution < -0.4 is 10.2 Å². The first-order chi connectivity index (χ1) is 8.68. The van der Waals surface area contributed by atoms with Crippen LogP contribution >= 0.6 is 0 Å². The Balaban J connectivity index is 2.10. The minimum absolute atomic E-state index is 0.539. The highest BCUT2D eigenvalue weighted by Crippen LogP contribution is 2.24. The molecule has 0 bridgehead atoms. The largest absolute Gasteiger partial charge is 0.351 e. The number of rotatable bonds is 4. The van der Waals surface area contributed by atoms with Gasteiger partial charge in [0.15, 0.2) is 0 Å². The van der Waals surface area contributed by atoms with Crippen molar-refractivity contribution in [3.8, 4) is 0 Å². The van der Waals surface area contributed by atoms with Gasteiger partial charge in [0.2, 0.25) is 0 Å². The monoisotopic (exact) mass is 248 g/mol. The Hall–Kier alpha value is -1.16. The van der Waals surface area contributed by atoms with E-state index in [9.17, 15) is 0 Å². The Bertz CT molecular complexity index is 378. The Labute approximate surface area is 110 Å². The molecule has 18 heavy (non-hydrogen) atoms. The van der Waals surface area contributed by atoms with Crippen molar-refractivity contribution in [2.75, 3.05) is 18.0 Å². The standard InChI is InChI=1S/C14H24N4/c1-11(2)17-10-13-6-4-5-9-18(13)14-12(3)15-7-8-16-14/h7-8,11,13,17H,4-6,9-10H2,1-3H3. The molecule has 1 atom stereocenters. The van der Waals surface area contributed by atoms with Crippen molar-refractivity contribution in [1.29, 1.82) is 0 Å². The lowest BCUT2D eigenvalue weighted by Crippen LogP contribution is -2.47.